The molecule has 0 saturated carbocycles. The highest BCUT2D eigenvalue weighted by molar-refractivity contribution is 7.16. The summed E-state index contributed by atoms with van der Waals surface area (Å²) in [7, 11) is 0. The van der Waals surface area contributed by atoms with Gasteiger partial charge in [0.25, 0.3) is 5.91 Å². The molecule has 2 aromatic carbocycles. The van der Waals surface area contributed by atoms with E-state index in [9.17, 15) is 4.79 Å². The van der Waals surface area contributed by atoms with Crippen LogP contribution in [0.15, 0.2) is 29.3 Å². The first-order valence-corrected chi connectivity index (χ1v) is 12.0. The second kappa shape index (κ2) is 10.2. The largest absolute Gasteiger partial charge is 0.490 e. The van der Waals surface area contributed by atoms with Crippen LogP contribution in [0.1, 0.15) is 44.5 Å². The summed E-state index contributed by atoms with van der Waals surface area (Å²) in [5.41, 5.74) is 1.34. The number of carbonyl (C=O) groups is 1. The van der Waals surface area contributed by atoms with Gasteiger partial charge < -0.3 is 28.3 Å². The smallest absolute Gasteiger partial charge is 0.279 e. The van der Waals surface area contributed by atoms with Crippen molar-refractivity contribution in [1.82, 2.24) is 4.57 Å². The van der Waals surface area contributed by atoms with Crippen LogP contribution in [0.5, 0.6) is 28.7 Å². The summed E-state index contributed by atoms with van der Waals surface area (Å²) in [6.45, 7) is 10.00. The van der Waals surface area contributed by atoms with E-state index in [4.69, 9.17) is 23.7 Å². The van der Waals surface area contributed by atoms with Gasteiger partial charge in [0.15, 0.2) is 27.8 Å². The number of thiazole rings is 1. The van der Waals surface area contributed by atoms with E-state index in [0.717, 1.165) is 23.2 Å². The van der Waals surface area contributed by atoms with Crippen LogP contribution in [0.2, 0.25) is 0 Å². The predicted molar refractivity (Wildman–Crippen MR) is 126 cm³/mol. The minimum Gasteiger partial charge on any atom is -0.490 e. The zero-order valence-electron chi connectivity index (χ0n) is 19.3. The van der Waals surface area contributed by atoms with Gasteiger partial charge in [0.2, 0.25) is 12.5 Å². The Balaban J connectivity index is 1.81. The summed E-state index contributed by atoms with van der Waals surface area (Å²) in [5.74, 6) is 2.46. The highest BCUT2D eigenvalue weighted by Gasteiger charge is 2.20. The molecule has 1 aromatic heterocycles. The van der Waals surface area contributed by atoms with Crippen LogP contribution in [0.25, 0.3) is 10.2 Å². The first-order valence-electron chi connectivity index (χ1n) is 11.2. The Labute approximate surface area is 196 Å². The maximum Gasteiger partial charge on any atom is 0.279 e. The number of fused-ring (bicyclic) bond motifs is 2. The van der Waals surface area contributed by atoms with Crippen LogP contribution in [0.4, 0.5) is 0 Å². The first-order chi connectivity index (χ1) is 16.1. The molecule has 1 aliphatic rings. The summed E-state index contributed by atoms with van der Waals surface area (Å²) in [6.07, 6.45) is 0.897. The second-order valence-electron chi connectivity index (χ2n) is 7.23. The van der Waals surface area contributed by atoms with Crippen LogP contribution in [-0.2, 0) is 6.54 Å². The van der Waals surface area contributed by atoms with E-state index in [1.165, 1.54) is 11.3 Å². The number of aryl methyl sites for hydroxylation is 1. The van der Waals surface area contributed by atoms with Crippen LogP contribution in [0, 0.1) is 0 Å². The molecule has 8 nitrogen and oxygen atoms in total. The number of hydrogen-bond acceptors (Lipinski definition) is 7. The Bertz CT molecular complexity index is 1200. The van der Waals surface area contributed by atoms with Gasteiger partial charge in [0.1, 0.15) is 0 Å². The van der Waals surface area contributed by atoms with Crippen molar-refractivity contribution in [3.8, 4) is 28.7 Å². The molecule has 0 unspecified atom stereocenters. The number of aromatic nitrogens is 1. The van der Waals surface area contributed by atoms with Crippen molar-refractivity contribution in [3.63, 3.8) is 0 Å². The van der Waals surface area contributed by atoms with E-state index in [1.807, 2.05) is 37.5 Å². The van der Waals surface area contributed by atoms with Crippen molar-refractivity contribution in [2.75, 3.05) is 26.6 Å². The number of hydrogen-bond donors (Lipinski definition) is 0. The molecule has 0 fully saturated rings. The van der Waals surface area contributed by atoms with E-state index in [-0.39, 0.29) is 12.7 Å². The lowest BCUT2D eigenvalue weighted by molar-refractivity contribution is 0.0996. The van der Waals surface area contributed by atoms with Gasteiger partial charge in [-0.2, -0.15) is 4.99 Å². The fourth-order valence-corrected chi connectivity index (χ4v) is 4.71. The van der Waals surface area contributed by atoms with E-state index in [0.29, 0.717) is 58.9 Å². The fourth-order valence-electron chi connectivity index (χ4n) is 3.65. The number of ether oxygens (including phenoxy) is 5. The second-order valence-corrected chi connectivity index (χ2v) is 8.24. The molecule has 0 bridgehead atoms. The van der Waals surface area contributed by atoms with Crippen LogP contribution >= 0.6 is 11.3 Å². The quantitative estimate of drug-likeness (QED) is 0.446. The van der Waals surface area contributed by atoms with Gasteiger partial charge in [-0.1, -0.05) is 18.3 Å². The summed E-state index contributed by atoms with van der Waals surface area (Å²) in [6, 6.07) is 7.22. The first kappa shape index (κ1) is 23.0. The topological polar surface area (TPSA) is 80.5 Å². The van der Waals surface area contributed by atoms with Crippen molar-refractivity contribution in [2.45, 2.75) is 40.7 Å². The number of rotatable bonds is 9. The number of nitrogens with zero attached hydrogens (tertiary/aromatic N) is 2. The Morgan fingerprint density at radius 2 is 1.61 bits per heavy atom. The summed E-state index contributed by atoms with van der Waals surface area (Å²) in [4.78, 5) is 18.3. The van der Waals surface area contributed by atoms with Crippen molar-refractivity contribution in [3.05, 3.63) is 34.6 Å². The van der Waals surface area contributed by atoms with Gasteiger partial charge in [0, 0.05) is 24.2 Å². The lowest BCUT2D eigenvalue weighted by Gasteiger charge is -2.16. The Hall–Kier alpha value is -3.20. The zero-order chi connectivity index (χ0) is 23.4. The van der Waals surface area contributed by atoms with E-state index in [2.05, 4.69) is 11.9 Å². The normalized spacial score (nSPS) is 12.9. The van der Waals surface area contributed by atoms with E-state index >= 15 is 0 Å². The van der Waals surface area contributed by atoms with Gasteiger partial charge in [0.05, 0.1) is 30.0 Å². The van der Waals surface area contributed by atoms with Crippen molar-refractivity contribution in [1.29, 1.82) is 0 Å². The van der Waals surface area contributed by atoms with Crippen LogP contribution in [0.3, 0.4) is 0 Å². The Morgan fingerprint density at radius 3 is 2.21 bits per heavy atom. The van der Waals surface area contributed by atoms with Gasteiger partial charge in [-0.3, -0.25) is 4.79 Å². The third kappa shape index (κ3) is 4.64. The molecule has 3 aromatic rings. The maximum atomic E-state index is 13.3. The molecule has 1 amide bonds. The monoisotopic (exact) mass is 472 g/mol. The van der Waals surface area contributed by atoms with Crippen LogP contribution in [-0.4, -0.2) is 37.1 Å². The van der Waals surface area contributed by atoms with Gasteiger partial charge >= 0.3 is 0 Å². The lowest BCUT2D eigenvalue weighted by Crippen LogP contribution is -2.17. The Morgan fingerprint density at radius 1 is 0.970 bits per heavy atom. The highest BCUT2D eigenvalue weighted by atomic mass is 32.1. The molecule has 0 saturated heterocycles. The summed E-state index contributed by atoms with van der Waals surface area (Å²) < 4.78 is 31.3. The summed E-state index contributed by atoms with van der Waals surface area (Å²) in [5, 5.41) is 0. The van der Waals surface area contributed by atoms with Crippen molar-refractivity contribution < 1.29 is 28.5 Å². The molecular formula is C24H28N2O6S. The molecule has 33 heavy (non-hydrogen) atoms. The fraction of sp³-hybridized carbons (Fsp3) is 0.417. The summed E-state index contributed by atoms with van der Waals surface area (Å²) >= 11 is 1.45. The maximum absolute atomic E-state index is 13.3. The highest BCUT2D eigenvalue weighted by Crippen LogP contribution is 2.40. The molecule has 1 aliphatic heterocycles. The standard InChI is InChI=1S/C24H28N2O6S/c1-5-9-26-16-12-17-18(32-14-31-17)13-21(16)33-24(26)25-23(27)15-10-19(28-6-2)22(30-8-4)20(11-15)29-7-3/h10-13H,5-9,14H2,1-4H3. The molecule has 0 radical (unpaired) electrons. The lowest BCUT2D eigenvalue weighted by atomic mass is 10.1. The van der Waals surface area contributed by atoms with Crippen molar-refractivity contribution in [2.24, 2.45) is 4.99 Å². The number of amides is 1. The number of carbonyl (C=O) groups excluding carboxylic acids is 1. The average Bonchev–Trinajstić information content (AvgIpc) is 3.38. The third-order valence-electron chi connectivity index (χ3n) is 4.98. The predicted octanol–water partition coefficient (Wildman–Crippen LogP) is 4.78. The molecule has 4 rings (SSSR count). The number of benzene rings is 2. The molecular weight excluding hydrogens is 444 g/mol. The third-order valence-corrected chi connectivity index (χ3v) is 6.02. The minimum atomic E-state index is -0.378. The molecule has 0 aliphatic carbocycles. The zero-order valence-corrected chi connectivity index (χ0v) is 20.1. The van der Waals surface area contributed by atoms with E-state index in [1.54, 1.807) is 12.1 Å². The Kier molecular flexibility index (Phi) is 7.08. The molecule has 176 valence electrons. The molecule has 0 atom stereocenters. The van der Waals surface area contributed by atoms with E-state index < -0.39 is 0 Å². The molecule has 9 heteroatoms. The van der Waals surface area contributed by atoms with Crippen molar-refractivity contribution >= 4 is 27.5 Å². The molecule has 0 N–H and O–H groups in total. The minimum absolute atomic E-state index is 0.220. The van der Waals surface area contributed by atoms with Crippen LogP contribution < -0.4 is 28.5 Å². The molecule has 2 heterocycles. The van der Waals surface area contributed by atoms with Gasteiger partial charge in [-0.05, 0) is 39.3 Å². The SMILES string of the molecule is CCCn1c(=NC(=O)c2cc(OCC)c(OCC)c(OCC)c2)sc2cc3c(cc21)OCO3. The van der Waals surface area contributed by atoms with Gasteiger partial charge in [-0.15, -0.1) is 0 Å². The average molecular weight is 473 g/mol. The van der Waals surface area contributed by atoms with Gasteiger partial charge in [-0.25, -0.2) is 0 Å². The molecule has 0 spiro atoms.